The molecule has 0 bridgehead atoms. The second-order valence-electron chi connectivity index (χ2n) is 4.11. The lowest BCUT2D eigenvalue weighted by Gasteiger charge is -2.14. The number of carbonyl (C=O) groups is 1. The average Bonchev–Trinajstić information content (AvgIpc) is 2.45. The van der Waals surface area contributed by atoms with Crippen LogP contribution in [0.5, 0.6) is 0 Å². The van der Waals surface area contributed by atoms with Crippen molar-refractivity contribution in [1.29, 1.82) is 0 Å². The van der Waals surface area contributed by atoms with Crippen molar-refractivity contribution in [2.45, 2.75) is 0 Å². The molecule has 110 valence electrons. The van der Waals surface area contributed by atoms with Gasteiger partial charge in [-0.3, -0.25) is 4.79 Å². The van der Waals surface area contributed by atoms with E-state index in [1.54, 1.807) is 6.07 Å². The summed E-state index contributed by atoms with van der Waals surface area (Å²) in [7, 11) is 2.32. The fourth-order valence-corrected chi connectivity index (χ4v) is 3.69. The quantitative estimate of drug-likeness (QED) is 0.389. The van der Waals surface area contributed by atoms with Gasteiger partial charge in [0.1, 0.15) is 5.82 Å². The second-order valence-corrected chi connectivity index (χ2v) is 6.45. The zero-order chi connectivity index (χ0) is 15.7. The fourth-order valence-electron chi connectivity index (χ4n) is 1.77. The smallest absolute Gasteiger partial charge is 0.196 e. The van der Waals surface area contributed by atoms with Crippen LogP contribution in [0.3, 0.4) is 0 Å². The van der Waals surface area contributed by atoms with Crippen LogP contribution in [-0.2, 0) is 0 Å². The van der Waals surface area contributed by atoms with Gasteiger partial charge in [0.05, 0.1) is 26.4 Å². The highest BCUT2D eigenvalue weighted by molar-refractivity contribution is 9.11. The Kier molecular flexibility index (Phi) is 5.25. The molecule has 21 heavy (non-hydrogen) atoms. The molecule has 0 heterocycles. The minimum atomic E-state index is -0.536. The van der Waals surface area contributed by atoms with Crippen molar-refractivity contribution in [1.82, 2.24) is 0 Å². The van der Waals surface area contributed by atoms with E-state index >= 15 is 0 Å². The summed E-state index contributed by atoms with van der Waals surface area (Å²) < 4.78 is 14.3. The number of rotatable bonds is 3. The van der Waals surface area contributed by atoms with E-state index < -0.39 is 11.6 Å². The first-order chi connectivity index (χ1) is 9.86. The molecule has 2 rings (SSSR count). The lowest BCUT2D eigenvalue weighted by molar-refractivity contribution is 0.103. The average molecular weight is 454 g/mol. The molecule has 2 aromatic rings. The Bertz CT molecular complexity index is 743. The molecule has 1 unspecified atom stereocenters. The summed E-state index contributed by atoms with van der Waals surface area (Å²) in [5.41, 5.74) is 7.29. The molecule has 8 heteroatoms. The zero-order valence-corrected chi connectivity index (χ0v) is 15.5. The van der Waals surface area contributed by atoms with Crippen molar-refractivity contribution in [3.8, 4) is 0 Å². The Morgan fingerprint density at radius 1 is 1.33 bits per heavy atom. The summed E-state index contributed by atoms with van der Waals surface area (Å²) in [6.45, 7) is 0. The number of anilines is 2. The summed E-state index contributed by atoms with van der Waals surface area (Å²) in [5.74, 6) is -0.966. The second kappa shape index (κ2) is 6.61. The minimum absolute atomic E-state index is 0.0732. The largest absolute Gasteiger partial charge is 0.396 e. The molecule has 2 aromatic carbocycles. The SMILES string of the molecule is Nc1c(NP)cc(Br)c(C(=O)c2cc(F)ccc2Cl)c1Br. The zero-order valence-electron chi connectivity index (χ0n) is 10.4. The highest BCUT2D eigenvalue weighted by atomic mass is 79.9. The summed E-state index contributed by atoms with van der Waals surface area (Å²) in [6.07, 6.45) is 0. The summed E-state index contributed by atoms with van der Waals surface area (Å²) in [5, 5.41) is 3.01. The van der Waals surface area contributed by atoms with Crippen molar-refractivity contribution < 1.29 is 9.18 Å². The van der Waals surface area contributed by atoms with E-state index in [4.69, 9.17) is 17.3 Å². The van der Waals surface area contributed by atoms with E-state index in [1.165, 1.54) is 12.1 Å². The molecule has 0 radical (unpaired) electrons. The van der Waals surface area contributed by atoms with Gasteiger partial charge in [-0.15, -0.1) is 0 Å². The van der Waals surface area contributed by atoms with Gasteiger partial charge in [0.25, 0.3) is 0 Å². The topological polar surface area (TPSA) is 55.1 Å². The van der Waals surface area contributed by atoms with Crippen molar-refractivity contribution >= 4 is 70.0 Å². The van der Waals surface area contributed by atoms with E-state index in [9.17, 15) is 9.18 Å². The molecule has 0 aliphatic carbocycles. The number of carbonyl (C=O) groups excluding carboxylic acids is 1. The third kappa shape index (κ3) is 3.24. The van der Waals surface area contributed by atoms with Crippen LogP contribution in [0, 0.1) is 5.82 Å². The molecular weight excluding hydrogens is 445 g/mol. The Morgan fingerprint density at radius 3 is 2.62 bits per heavy atom. The van der Waals surface area contributed by atoms with Crippen LogP contribution in [-0.4, -0.2) is 5.78 Å². The van der Waals surface area contributed by atoms with Gasteiger partial charge in [-0.1, -0.05) is 11.6 Å². The van der Waals surface area contributed by atoms with Crippen LogP contribution in [0.4, 0.5) is 15.8 Å². The maximum absolute atomic E-state index is 13.4. The molecule has 3 N–H and O–H groups in total. The number of hydrogen-bond acceptors (Lipinski definition) is 3. The molecule has 0 saturated carbocycles. The molecular formula is C13H9Br2ClFN2OP. The standard InChI is InChI=1S/C13H9Br2ClFN2OP/c14-7-4-9(19-21)12(18)11(15)10(7)13(20)6-3-5(17)1-2-8(6)16/h1-4,19H,18,21H2. The third-order valence-electron chi connectivity index (χ3n) is 2.81. The Labute approximate surface area is 144 Å². The van der Waals surface area contributed by atoms with Crippen LogP contribution in [0.2, 0.25) is 5.02 Å². The van der Waals surface area contributed by atoms with E-state index in [0.29, 0.717) is 20.3 Å². The number of nitrogens with one attached hydrogen (secondary N) is 1. The van der Waals surface area contributed by atoms with Crippen molar-refractivity contribution in [3.63, 3.8) is 0 Å². The highest BCUT2D eigenvalue weighted by Crippen LogP contribution is 2.39. The van der Waals surface area contributed by atoms with Crippen molar-refractivity contribution in [2.24, 2.45) is 0 Å². The monoisotopic (exact) mass is 452 g/mol. The van der Waals surface area contributed by atoms with Crippen molar-refractivity contribution in [2.75, 3.05) is 10.8 Å². The Morgan fingerprint density at radius 2 is 2.00 bits per heavy atom. The third-order valence-corrected chi connectivity index (χ3v) is 4.90. The fraction of sp³-hybridized carbons (Fsp3) is 0. The Hall–Kier alpha value is -0.680. The summed E-state index contributed by atoms with van der Waals surface area (Å²) in [4.78, 5) is 12.6. The molecule has 0 aliphatic rings. The molecule has 1 atom stereocenters. The predicted molar refractivity (Wildman–Crippen MR) is 94.4 cm³/mol. The van der Waals surface area contributed by atoms with Gasteiger partial charge >= 0.3 is 0 Å². The minimum Gasteiger partial charge on any atom is -0.396 e. The molecule has 0 aliphatic heterocycles. The van der Waals surface area contributed by atoms with Gasteiger partial charge in [-0.2, -0.15) is 0 Å². The van der Waals surface area contributed by atoms with E-state index in [1.807, 2.05) is 0 Å². The maximum atomic E-state index is 13.4. The number of benzene rings is 2. The van der Waals surface area contributed by atoms with Crippen LogP contribution in [0.1, 0.15) is 15.9 Å². The van der Waals surface area contributed by atoms with Crippen molar-refractivity contribution in [3.05, 3.63) is 55.2 Å². The molecule has 0 fully saturated rings. The Balaban J connectivity index is 2.64. The van der Waals surface area contributed by atoms with Crippen LogP contribution in [0.15, 0.2) is 33.2 Å². The first kappa shape index (κ1) is 16.7. The first-order valence-electron chi connectivity index (χ1n) is 5.60. The highest BCUT2D eigenvalue weighted by Gasteiger charge is 2.22. The lowest BCUT2D eigenvalue weighted by atomic mass is 10.0. The van der Waals surface area contributed by atoms with Crippen LogP contribution < -0.4 is 10.8 Å². The lowest BCUT2D eigenvalue weighted by Crippen LogP contribution is -2.07. The molecule has 0 aromatic heterocycles. The van der Waals surface area contributed by atoms with Crippen LogP contribution >= 0.6 is 52.9 Å². The number of ketones is 1. The van der Waals surface area contributed by atoms with Gasteiger partial charge in [0.2, 0.25) is 0 Å². The number of halogens is 4. The van der Waals surface area contributed by atoms with E-state index in [2.05, 4.69) is 46.3 Å². The predicted octanol–water partition coefficient (Wildman–Crippen LogP) is 5.02. The summed E-state index contributed by atoms with van der Waals surface area (Å²) in [6, 6.07) is 5.29. The first-order valence-corrected chi connectivity index (χ1v) is 8.14. The normalized spacial score (nSPS) is 10.5. The molecule has 0 spiro atoms. The van der Waals surface area contributed by atoms with Gasteiger partial charge in [-0.25, -0.2) is 4.39 Å². The van der Waals surface area contributed by atoms with E-state index in [0.717, 1.165) is 6.07 Å². The van der Waals surface area contributed by atoms with Gasteiger partial charge in [-0.05, 0) is 65.5 Å². The molecule has 0 amide bonds. The number of nitrogens with two attached hydrogens (primary N) is 1. The van der Waals surface area contributed by atoms with Gasteiger partial charge in [0.15, 0.2) is 5.78 Å². The van der Waals surface area contributed by atoms with E-state index in [-0.39, 0.29) is 16.1 Å². The number of hydrogen-bond donors (Lipinski definition) is 2. The summed E-state index contributed by atoms with van der Waals surface area (Å²) >= 11 is 12.6. The maximum Gasteiger partial charge on any atom is 0.196 e. The van der Waals surface area contributed by atoms with Gasteiger partial charge in [0, 0.05) is 10.0 Å². The number of nitrogen functional groups attached to an aromatic ring is 1. The molecule has 3 nitrogen and oxygen atoms in total. The van der Waals surface area contributed by atoms with Gasteiger partial charge < -0.3 is 10.8 Å². The molecule has 0 saturated heterocycles. The van der Waals surface area contributed by atoms with Crippen LogP contribution in [0.25, 0.3) is 0 Å².